The van der Waals surface area contributed by atoms with E-state index in [1.54, 1.807) is 12.3 Å². The molecule has 90 valence electrons. The summed E-state index contributed by atoms with van der Waals surface area (Å²) >= 11 is 0. The maximum Gasteiger partial charge on any atom is 0.216 e. The van der Waals surface area contributed by atoms with Gasteiger partial charge in [-0.1, -0.05) is 0 Å². The molecule has 0 aliphatic carbocycles. The Labute approximate surface area is 97.5 Å². The van der Waals surface area contributed by atoms with E-state index < -0.39 is 6.10 Å². The number of fused-ring (bicyclic) bond motifs is 1. The van der Waals surface area contributed by atoms with Gasteiger partial charge in [0.25, 0.3) is 0 Å². The van der Waals surface area contributed by atoms with E-state index in [9.17, 15) is 14.3 Å². The second kappa shape index (κ2) is 4.55. The predicted molar refractivity (Wildman–Crippen MR) is 61.9 cm³/mol. The minimum atomic E-state index is -0.807. The number of carbonyl (C=O) groups excluding carboxylic acids is 1. The highest BCUT2D eigenvalue weighted by Gasteiger charge is 2.13. The van der Waals surface area contributed by atoms with Gasteiger partial charge in [0, 0.05) is 36.1 Å². The largest absolute Gasteiger partial charge is 0.386 e. The van der Waals surface area contributed by atoms with Crippen molar-refractivity contribution in [1.82, 2.24) is 10.3 Å². The third-order valence-electron chi connectivity index (χ3n) is 2.58. The number of aromatic nitrogens is 1. The first kappa shape index (κ1) is 11.6. The summed E-state index contributed by atoms with van der Waals surface area (Å²) in [6.45, 7) is 1.52. The van der Waals surface area contributed by atoms with Crippen LogP contribution in [0.2, 0.25) is 0 Å². The molecular weight excluding hydrogens is 223 g/mol. The summed E-state index contributed by atoms with van der Waals surface area (Å²) in [7, 11) is 0. The van der Waals surface area contributed by atoms with Crippen LogP contribution in [0.1, 0.15) is 18.6 Å². The van der Waals surface area contributed by atoms with Gasteiger partial charge in [0.05, 0.1) is 6.10 Å². The second-order valence-corrected chi connectivity index (χ2v) is 3.89. The Morgan fingerprint density at radius 1 is 1.59 bits per heavy atom. The molecule has 1 heterocycles. The number of aliphatic hydroxyl groups excluding tert-OH is 1. The van der Waals surface area contributed by atoms with Crippen molar-refractivity contribution >= 4 is 16.8 Å². The van der Waals surface area contributed by atoms with Crippen LogP contribution >= 0.6 is 0 Å². The third kappa shape index (κ3) is 2.45. The highest BCUT2D eigenvalue weighted by molar-refractivity contribution is 5.83. The molecule has 0 fully saturated rings. The van der Waals surface area contributed by atoms with Gasteiger partial charge in [-0.2, -0.15) is 0 Å². The summed E-state index contributed by atoms with van der Waals surface area (Å²) in [5, 5.41) is 13.2. The number of halogens is 1. The van der Waals surface area contributed by atoms with Gasteiger partial charge < -0.3 is 15.4 Å². The molecule has 1 aromatic carbocycles. The second-order valence-electron chi connectivity index (χ2n) is 3.89. The molecule has 1 unspecified atom stereocenters. The Kier molecular flexibility index (Phi) is 3.10. The molecule has 0 saturated heterocycles. The van der Waals surface area contributed by atoms with Crippen molar-refractivity contribution in [2.75, 3.05) is 6.54 Å². The third-order valence-corrected chi connectivity index (χ3v) is 2.58. The van der Waals surface area contributed by atoms with Gasteiger partial charge in [-0.15, -0.1) is 0 Å². The number of aliphatic hydroxyl groups is 1. The fraction of sp³-hybridized carbons (Fsp3) is 0.250. The lowest BCUT2D eigenvalue weighted by Crippen LogP contribution is -2.25. The average molecular weight is 236 g/mol. The van der Waals surface area contributed by atoms with Crippen LogP contribution in [0, 0.1) is 5.82 Å². The zero-order chi connectivity index (χ0) is 12.4. The summed E-state index contributed by atoms with van der Waals surface area (Å²) in [6.07, 6.45) is 0.814. The minimum absolute atomic E-state index is 0.139. The van der Waals surface area contributed by atoms with Crippen LogP contribution in [0.25, 0.3) is 10.9 Å². The Morgan fingerprint density at radius 3 is 3.06 bits per heavy atom. The lowest BCUT2D eigenvalue weighted by molar-refractivity contribution is -0.119. The van der Waals surface area contributed by atoms with E-state index in [2.05, 4.69) is 10.3 Å². The molecule has 17 heavy (non-hydrogen) atoms. The molecule has 0 radical (unpaired) electrons. The summed E-state index contributed by atoms with van der Waals surface area (Å²) in [5.74, 6) is -0.530. The Balaban J connectivity index is 2.26. The fourth-order valence-corrected chi connectivity index (χ4v) is 1.75. The SMILES string of the molecule is CC(=O)NCC(O)c1c[nH]c2cc(F)ccc12. The molecule has 2 rings (SSSR count). The zero-order valence-corrected chi connectivity index (χ0v) is 9.33. The van der Waals surface area contributed by atoms with Crippen LogP contribution < -0.4 is 5.32 Å². The number of amides is 1. The van der Waals surface area contributed by atoms with Crippen molar-refractivity contribution in [3.8, 4) is 0 Å². The predicted octanol–water partition coefficient (Wildman–Crippen LogP) is 1.48. The first-order chi connectivity index (χ1) is 8.08. The van der Waals surface area contributed by atoms with E-state index >= 15 is 0 Å². The monoisotopic (exact) mass is 236 g/mol. The van der Waals surface area contributed by atoms with Crippen molar-refractivity contribution in [2.24, 2.45) is 0 Å². The first-order valence-corrected chi connectivity index (χ1v) is 5.27. The molecule has 0 bridgehead atoms. The zero-order valence-electron chi connectivity index (χ0n) is 9.33. The van der Waals surface area contributed by atoms with Crippen molar-refractivity contribution < 1.29 is 14.3 Å². The summed E-state index contributed by atoms with van der Waals surface area (Å²) in [5.41, 5.74) is 1.27. The highest BCUT2D eigenvalue weighted by Crippen LogP contribution is 2.24. The maximum absolute atomic E-state index is 13.0. The smallest absolute Gasteiger partial charge is 0.216 e. The first-order valence-electron chi connectivity index (χ1n) is 5.27. The molecule has 0 saturated carbocycles. The molecule has 3 N–H and O–H groups in total. The summed E-state index contributed by atoms with van der Waals surface area (Å²) in [4.78, 5) is 13.6. The van der Waals surface area contributed by atoms with Gasteiger partial charge in [-0.3, -0.25) is 4.79 Å². The van der Waals surface area contributed by atoms with Crippen LogP contribution in [-0.4, -0.2) is 22.5 Å². The molecule has 2 aromatic rings. The number of H-pyrrole nitrogens is 1. The van der Waals surface area contributed by atoms with Crippen molar-refractivity contribution in [3.05, 3.63) is 35.8 Å². The van der Waals surface area contributed by atoms with E-state index in [1.165, 1.54) is 19.1 Å². The minimum Gasteiger partial charge on any atom is -0.386 e. The van der Waals surface area contributed by atoms with E-state index in [0.29, 0.717) is 11.1 Å². The van der Waals surface area contributed by atoms with E-state index in [0.717, 1.165) is 5.39 Å². The van der Waals surface area contributed by atoms with Crippen LogP contribution in [0.5, 0.6) is 0 Å². The molecule has 0 aliphatic heterocycles. The van der Waals surface area contributed by atoms with Gasteiger partial charge >= 0.3 is 0 Å². The Bertz CT molecular complexity index is 550. The molecule has 5 heteroatoms. The summed E-state index contributed by atoms with van der Waals surface area (Å²) < 4.78 is 13.0. The topological polar surface area (TPSA) is 65.1 Å². The van der Waals surface area contributed by atoms with Crippen molar-refractivity contribution in [2.45, 2.75) is 13.0 Å². The molecule has 1 atom stereocenters. The molecule has 0 aliphatic rings. The lowest BCUT2D eigenvalue weighted by Gasteiger charge is -2.09. The van der Waals surface area contributed by atoms with Gasteiger partial charge in [-0.25, -0.2) is 4.39 Å². The number of hydrogen-bond acceptors (Lipinski definition) is 2. The number of hydrogen-bond donors (Lipinski definition) is 3. The van der Waals surface area contributed by atoms with Crippen molar-refractivity contribution in [3.63, 3.8) is 0 Å². The van der Waals surface area contributed by atoms with Crippen molar-refractivity contribution in [1.29, 1.82) is 0 Å². The highest BCUT2D eigenvalue weighted by atomic mass is 19.1. The summed E-state index contributed by atoms with van der Waals surface area (Å²) in [6, 6.07) is 4.31. The van der Waals surface area contributed by atoms with Crippen LogP contribution in [0.15, 0.2) is 24.4 Å². The number of carbonyl (C=O) groups is 1. The van der Waals surface area contributed by atoms with E-state index in [-0.39, 0.29) is 18.3 Å². The van der Waals surface area contributed by atoms with Crippen LogP contribution in [0.3, 0.4) is 0 Å². The molecular formula is C12H13FN2O2. The number of rotatable bonds is 3. The average Bonchev–Trinajstić information content (AvgIpc) is 2.68. The van der Waals surface area contributed by atoms with Gasteiger partial charge in [-0.05, 0) is 18.2 Å². The standard InChI is InChI=1S/C12H13FN2O2/c1-7(16)14-6-12(17)10-5-15-11-4-8(13)2-3-9(10)11/h2-5,12,15,17H,6H2,1H3,(H,14,16). The Morgan fingerprint density at radius 2 is 2.35 bits per heavy atom. The van der Waals surface area contributed by atoms with Gasteiger partial charge in [0.2, 0.25) is 5.91 Å². The van der Waals surface area contributed by atoms with E-state index in [4.69, 9.17) is 0 Å². The number of nitrogens with one attached hydrogen (secondary N) is 2. The Hall–Kier alpha value is -1.88. The lowest BCUT2D eigenvalue weighted by atomic mass is 10.1. The molecule has 1 amide bonds. The quantitative estimate of drug-likeness (QED) is 0.755. The molecule has 4 nitrogen and oxygen atoms in total. The maximum atomic E-state index is 13.0. The normalized spacial score (nSPS) is 12.6. The van der Waals surface area contributed by atoms with Crippen LogP contribution in [0.4, 0.5) is 4.39 Å². The fourth-order valence-electron chi connectivity index (χ4n) is 1.75. The van der Waals surface area contributed by atoms with Gasteiger partial charge in [0.15, 0.2) is 0 Å². The number of aromatic amines is 1. The molecule has 0 spiro atoms. The van der Waals surface area contributed by atoms with E-state index in [1.807, 2.05) is 0 Å². The van der Waals surface area contributed by atoms with Crippen LogP contribution in [-0.2, 0) is 4.79 Å². The van der Waals surface area contributed by atoms with Gasteiger partial charge in [0.1, 0.15) is 5.82 Å². The number of benzene rings is 1. The molecule has 1 aromatic heterocycles.